The standard InChI is InChI=1S/C9H12N2O3S/c1-3-6(9(13)14)11-8(12)7-4-10-5(2)15-7/h4,6H,3H2,1-2H3,(H,11,12)(H,13,14)/t6-/m1/s1. The highest BCUT2D eigenvalue weighted by Crippen LogP contribution is 2.11. The number of rotatable bonds is 4. The van der Waals surface area contributed by atoms with Crippen LogP contribution in [0.2, 0.25) is 0 Å². The fourth-order valence-corrected chi connectivity index (χ4v) is 1.71. The Morgan fingerprint density at radius 2 is 2.33 bits per heavy atom. The fourth-order valence-electron chi connectivity index (χ4n) is 1.03. The molecule has 0 fully saturated rings. The van der Waals surface area contributed by atoms with Crippen molar-refractivity contribution in [2.45, 2.75) is 26.3 Å². The van der Waals surface area contributed by atoms with Gasteiger partial charge in [0.2, 0.25) is 0 Å². The lowest BCUT2D eigenvalue weighted by Crippen LogP contribution is -2.39. The van der Waals surface area contributed by atoms with Crippen molar-refractivity contribution < 1.29 is 14.7 Å². The number of carbonyl (C=O) groups is 2. The number of thiazole rings is 1. The first kappa shape index (κ1) is 11.6. The molecule has 15 heavy (non-hydrogen) atoms. The summed E-state index contributed by atoms with van der Waals surface area (Å²) in [7, 11) is 0. The Morgan fingerprint density at radius 3 is 2.73 bits per heavy atom. The molecule has 0 aromatic carbocycles. The average Bonchev–Trinajstić information content (AvgIpc) is 2.60. The van der Waals surface area contributed by atoms with Crippen LogP contribution in [-0.2, 0) is 4.79 Å². The Morgan fingerprint density at radius 1 is 1.67 bits per heavy atom. The molecule has 1 heterocycles. The second-order valence-corrected chi connectivity index (χ2v) is 4.25. The summed E-state index contributed by atoms with van der Waals surface area (Å²) >= 11 is 1.24. The second-order valence-electron chi connectivity index (χ2n) is 3.02. The predicted molar refractivity (Wildman–Crippen MR) is 56.0 cm³/mol. The van der Waals surface area contributed by atoms with E-state index in [0.717, 1.165) is 5.01 Å². The van der Waals surface area contributed by atoms with Crippen LogP contribution in [0.25, 0.3) is 0 Å². The molecule has 0 aliphatic rings. The van der Waals surface area contributed by atoms with E-state index in [1.807, 2.05) is 0 Å². The largest absolute Gasteiger partial charge is 0.480 e. The molecule has 1 rings (SSSR count). The second kappa shape index (κ2) is 4.88. The van der Waals surface area contributed by atoms with Crippen molar-refractivity contribution in [3.05, 3.63) is 16.1 Å². The Labute approximate surface area is 91.1 Å². The van der Waals surface area contributed by atoms with Crippen LogP contribution in [0.15, 0.2) is 6.20 Å². The normalized spacial score (nSPS) is 12.1. The van der Waals surface area contributed by atoms with Crippen LogP contribution in [0.5, 0.6) is 0 Å². The monoisotopic (exact) mass is 228 g/mol. The van der Waals surface area contributed by atoms with Crippen LogP contribution in [0.4, 0.5) is 0 Å². The molecule has 2 N–H and O–H groups in total. The quantitative estimate of drug-likeness (QED) is 0.807. The number of hydrogen-bond acceptors (Lipinski definition) is 4. The van der Waals surface area contributed by atoms with Crippen molar-refractivity contribution in [1.29, 1.82) is 0 Å². The summed E-state index contributed by atoms with van der Waals surface area (Å²) in [6.07, 6.45) is 1.81. The minimum atomic E-state index is -1.02. The van der Waals surface area contributed by atoms with Gasteiger partial charge in [-0.1, -0.05) is 6.92 Å². The fraction of sp³-hybridized carbons (Fsp3) is 0.444. The molecule has 0 saturated carbocycles. The molecule has 0 aliphatic carbocycles. The minimum Gasteiger partial charge on any atom is -0.480 e. The van der Waals surface area contributed by atoms with Gasteiger partial charge >= 0.3 is 5.97 Å². The van der Waals surface area contributed by atoms with Gasteiger partial charge in [0.1, 0.15) is 10.9 Å². The Hall–Kier alpha value is -1.43. The van der Waals surface area contributed by atoms with Crippen molar-refractivity contribution in [3.8, 4) is 0 Å². The highest BCUT2D eigenvalue weighted by Gasteiger charge is 2.19. The molecule has 0 bridgehead atoms. The number of amides is 1. The number of aliphatic carboxylic acids is 1. The number of carbonyl (C=O) groups excluding carboxylic acids is 1. The molecular weight excluding hydrogens is 216 g/mol. The number of aromatic nitrogens is 1. The summed E-state index contributed by atoms with van der Waals surface area (Å²) in [4.78, 5) is 26.6. The highest BCUT2D eigenvalue weighted by atomic mass is 32.1. The maximum Gasteiger partial charge on any atom is 0.326 e. The zero-order chi connectivity index (χ0) is 11.4. The van der Waals surface area contributed by atoms with Crippen LogP contribution in [-0.4, -0.2) is 28.0 Å². The third-order valence-corrected chi connectivity index (χ3v) is 2.77. The van der Waals surface area contributed by atoms with Crippen molar-refractivity contribution in [2.24, 2.45) is 0 Å². The zero-order valence-corrected chi connectivity index (χ0v) is 9.30. The molecule has 1 aromatic rings. The first-order valence-electron chi connectivity index (χ1n) is 4.50. The Bertz CT molecular complexity index is 375. The number of nitrogens with zero attached hydrogens (tertiary/aromatic N) is 1. The molecule has 5 nitrogen and oxygen atoms in total. The topological polar surface area (TPSA) is 79.3 Å². The van der Waals surface area contributed by atoms with Gasteiger partial charge in [-0.3, -0.25) is 4.79 Å². The number of nitrogens with one attached hydrogen (secondary N) is 1. The molecule has 1 amide bonds. The van der Waals surface area contributed by atoms with Crippen LogP contribution in [0.3, 0.4) is 0 Å². The Kier molecular flexibility index (Phi) is 3.79. The lowest BCUT2D eigenvalue weighted by molar-refractivity contribution is -0.139. The molecule has 0 unspecified atom stereocenters. The molecule has 0 aliphatic heterocycles. The number of carboxylic acids is 1. The van der Waals surface area contributed by atoms with Crippen molar-refractivity contribution in [2.75, 3.05) is 0 Å². The van der Waals surface area contributed by atoms with Gasteiger partial charge in [-0.2, -0.15) is 0 Å². The van der Waals surface area contributed by atoms with E-state index < -0.39 is 12.0 Å². The Balaban J connectivity index is 2.66. The van der Waals surface area contributed by atoms with Crippen LogP contribution >= 0.6 is 11.3 Å². The first-order chi connectivity index (χ1) is 7.04. The maximum atomic E-state index is 11.5. The van der Waals surface area contributed by atoms with Crippen molar-refractivity contribution in [3.63, 3.8) is 0 Å². The molecule has 0 radical (unpaired) electrons. The van der Waals surface area contributed by atoms with Crippen LogP contribution in [0, 0.1) is 6.92 Å². The van der Waals surface area contributed by atoms with E-state index >= 15 is 0 Å². The number of carboxylic acid groups (broad SMARTS) is 1. The molecular formula is C9H12N2O3S. The molecule has 1 atom stereocenters. The molecule has 0 spiro atoms. The van der Waals surface area contributed by atoms with Gasteiger partial charge in [0.05, 0.1) is 11.2 Å². The smallest absolute Gasteiger partial charge is 0.326 e. The summed E-state index contributed by atoms with van der Waals surface area (Å²) < 4.78 is 0. The van der Waals surface area contributed by atoms with E-state index in [1.54, 1.807) is 13.8 Å². The molecule has 0 saturated heterocycles. The van der Waals surface area contributed by atoms with Gasteiger partial charge in [-0.05, 0) is 13.3 Å². The maximum absolute atomic E-state index is 11.5. The summed E-state index contributed by atoms with van der Waals surface area (Å²) in [6.45, 7) is 3.49. The van der Waals surface area contributed by atoms with E-state index in [-0.39, 0.29) is 5.91 Å². The first-order valence-corrected chi connectivity index (χ1v) is 5.32. The predicted octanol–water partition coefficient (Wildman–Crippen LogP) is 1.04. The average molecular weight is 228 g/mol. The summed E-state index contributed by atoms with van der Waals surface area (Å²) in [5, 5.41) is 12.0. The van der Waals surface area contributed by atoms with E-state index in [9.17, 15) is 9.59 Å². The molecule has 1 aromatic heterocycles. The van der Waals surface area contributed by atoms with Crippen molar-refractivity contribution in [1.82, 2.24) is 10.3 Å². The lowest BCUT2D eigenvalue weighted by Gasteiger charge is -2.10. The summed E-state index contributed by atoms with van der Waals surface area (Å²) in [5.41, 5.74) is 0. The molecule has 6 heteroatoms. The summed E-state index contributed by atoms with van der Waals surface area (Å²) in [5.74, 6) is -1.40. The third kappa shape index (κ3) is 3.02. The minimum absolute atomic E-state index is 0.360. The van der Waals surface area contributed by atoms with Gasteiger partial charge in [-0.15, -0.1) is 11.3 Å². The molecule has 82 valence electrons. The lowest BCUT2D eigenvalue weighted by atomic mass is 10.2. The van der Waals surface area contributed by atoms with Gasteiger partial charge in [0.25, 0.3) is 5.91 Å². The van der Waals surface area contributed by atoms with Gasteiger partial charge < -0.3 is 10.4 Å². The van der Waals surface area contributed by atoms with Crippen LogP contribution in [0.1, 0.15) is 28.0 Å². The SMILES string of the molecule is CC[C@@H](NC(=O)c1cnc(C)s1)C(=O)O. The summed E-state index contributed by atoms with van der Waals surface area (Å²) in [6, 6.07) is -0.833. The van der Waals surface area contributed by atoms with E-state index in [1.165, 1.54) is 17.5 Å². The van der Waals surface area contributed by atoms with Gasteiger partial charge in [0.15, 0.2) is 0 Å². The number of aryl methyl sites for hydroxylation is 1. The van der Waals surface area contributed by atoms with Gasteiger partial charge in [-0.25, -0.2) is 9.78 Å². The van der Waals surface area contributed by atoms with E-state index in [0.29, 0.717) is 11.3 Å². The zero-order valence-electron chi connectivity index (χ0n) is 8.48. The number of hydrogen-bond donors (Lipinski definition) is 2. The highest BCUT2D eigenvalue weighted by molar-refractivity contribution is 7.13. The van der Waals surface area contributed by atoms with Gasteiger partial charge in [0, 0.05) is 0 Å². The van der Waals surface area contributed by atoms with E-state index in [4.69, 9.17) is 5.11 Å². The van der Waals surface area contributed by atoms with Crippen molar-refractivity contribution >= 4 is 23.2 Å². The van der Waals surface area contributed by atoms with Crippen LogP contribution < -0.4 is 5.32 Å². The van der Waals surface area contributed by atoms with E-state index in [2.05, 4.69) is 10.3 Å². The third-order valence-electron chi connectivity index (χ3n) is 1.86.